The molecule has 0 radical (unpaired) electrons. The first-order chi connectivity index (χ1) is 6.06. The Bertz CT molecular complexity index is 154. The molecule has 0 saturated carbocycles. The monoisotopic (exact) mass is 184 g/mol. The van der Waals surface area contributed by atoms with Crippen LogP contribution in [0.4, 0.5) is 0 Å². The molecule has 78 valence electrons. The maximum atomic E-state index is 5.64. The fraction of sp³-hybridized carbons (Fsp3) is 1.00. The third kappa shape index (κ3) is 2.96. The van der Waals surface area contributed by atoms with Crippen LogP contribution in [0.15, 0.2) is 0 Å². The second kappa shape index (κ2) is 4.43. The van der Waals surface area contributed by atoms with E-state index in [4.69, 9.17) is 5.73 Å². The third-order valence-corrected chi connectivity index (χ3v) is 3.52. The minimum Gasteiger partial charge on any atom is -0.330 e. The highest BCUT2D eigenvalue weighted by Crippen LogP contribution is 2.35. The van der Waals surface area contributed by atoms with Crippen LogP contribution >= 0.6 is 0 Å². The molecule has 1 fully saturated rings. The number of nitrogens with two attached hydrogens (primary N) is 1. The van der Waals surface area contributed by atoms with E-state index in [1.807, 2.05) is 0 Å². The van der Waals surface area contributed by atoms with E-state index >= 15 is 0 Å². The van der Waals surface area contributed by atoms with Crippen LogP contribution in [0.2, 0.25) is 0 Å². The van der Waals surface area contributed by atoms with Gasteiger partial charge in [-0.1, -0.05) is 13.8 Å². The number of nitrogens with zero attached hydrogens (tertiary/aromatic N) is 1. The molecule has 0 aromatic heterocycles. The highest BCUT2D eigenvalue weighted by molar-refractivity contribution is 4.83. The first-order valence-corrected chi connectivity index (χ1v) is 5.45. The van der Waals surface area contributed by atoms with E-state index in [1.165, 1.54) is 25.9 Å². The summed E-state index contributed by atoms with van der Waals surface area (Å²) >= 11 is 0. The number of hydrogen-bond acceptors (Lipinski definition) is 2. The van der Waals surface area contributed by atoms with Gasteiger partial charge in [-0.3, -0.25) is 0 Å². The normalized spacial score (nSPS) is 26.3. The SMILES string of the molecule is CN1CCCC(C(C)(C)CCN)C1. The maximum absolute atomic E-state index is 5.64. The predicted molar refractivity (Wildman–Crippen MR) is 57.7 cm³/mol. The molecule has 1 heterocycles. The Kier molecular flexibility index (Phi) is 3.74. The summed E-state index contributed by atoms with van der Waals surface area (Å²) in [6.07, 6.45) is 3.90. The van der Waals surface area contributed by atoms with Crippen LogP contribution in [0.25, 0.3) is 0 Å². The number of likely N-dealkylation sites (tertiary alicyclic amines) is 1. The first-order valence-electron chi connectivity index (χ1n) is 5.45. The van der Waals surface area contributed by atoms with E-state index < -0.39 is 0 Å². The van der Waals surface area contributed by atoms with Crippen LogP contribution in [0.3, 0.4) is 0 Å². The lowest BCUT2D eigenvalue weighted by molar-refractivity contribution is 0.0986. The summed E-state index contributed by atoms with van der Waals surface area (Å²) in [5.41, 5.74) is 6.08. The summed E-state index contributed by atoms with van der Waals surface area (Å²) < 4.78 is 0. The second-order valence-corrected chi connectivity index (χ2v) is 5.13. The molecule has 2 N–H and O–H groups in total. The Hall–Kier alpha value is -0.0800. The lowest BCUT2D eigenvalue weighted by Crippen LogP contribution is -2.40. The molecule has 1 rings (SSSR count). The number of hydrogen-bond donors (Lipinski definition) is 1. The van der Waals surface area contributed by atoms with Crippen molar-refractivity contribution in [3.63, 3.8) is 0 Å². The summed E-state index contributed by atoms with van der Waals surface area (Å²) in [5, 5.41) is 0. The fourth-order valence-corrected chi connectivity index (χ4v) is 2.38. The molecular weight excluding hydrogens is 160 g/mol. The molecule has 1 atom stereocenters. The molecule has 2 nitrogen and oxygen atoms in total. The van der Waals surface area contributed by atoms with Crippen LogP contribution in [-0.4, -0.2) is 31.6 Å². The van der Waals surface area contributed by atoms with E-state index in [0.29, 0.717) is 5.41 Å². The molecule has 0 spiro atoms. The first kappa shape index (κ1) is 11.0. The summed E-state index contributed by atoms with van der Waals surface area (Å²) in [6.45, 7) is 8.09. The van der Waals surface area contributed by atoms with Gasteiger partial charge in [0.05, 0.1) is 0 Å². The van der Waals surface area contributed by atoms with Crippen molar-refractivity contribution in [3.8, 4) is 0 Å². The Morgan fingerprint density at radius 3 is 2.69 bits per heavy atom. The zero-order valence-corrected chi connectivity index (χ0v) is 9.34. The van der Waals surface area contributed by atoms with Crippen LogP contribution in [-0.2, 0) is 0 Å². The van der Waals surface area contributed by atoms with Crippen LogP contribution < -0.4 is 5.73 Å². The van der Waals surface area contributed by atoms with Crippen molar-refractivity contribution >= 4 is 0 Å². The predicted octanol–water partition coefficient (Wildman–Crippen LogP) is 1.70. The molecule has 1 aliphatic heterocycles. The maximum Gasteiger partial charge on any atom is 0.00117 e. The lowest BCUT2D eigenvalue weighted by atomic mass is 9.72. The minimum absolute atomic E-state index is 0.434. The van der Waals surface area contributed by atoms with Gasteiger partial charge < -0.3 is 10.6 Å². The molecular formula is C11H24N2. The Balaban J connectivity index is 2.48. The van der Waals surface area contributed by atoms with Crippen molar-refractivity contribution in [2.75, 3.05) is 26.7 Å². The highest BCUT2D eigenvalue weighted by Gasteiger charge is 2.31. The molecule has 0 aromatic carbocycles. The molecule has 1 unspecified atom stereocenters. The summed E-state index contributed by atoms with van der Waals surface area (Å²) in [5.74, 6) is 0.842. The third-order valence-electron chi connectivity index (χ3n) is 3.52. The van der Waals surface area contributed by atoms with E-state index in [-0.39, 0.29) is 0 Å². The molecule has 1 aliphatic rings. The zero-order valence-electron chi connectivity index (χ0n) is 9.34. The highest BCUT2D eigenvalue weighted by atomic mass is 15.1. The van der Waals surface area contributed by atoms with Gasteiger partial charge in [0.1, 0.15) is 0 Å². The van der Waals surface area contributed by atoms with Crippen molar-refractivity contribution in [2.45, 2.75) is 33.1 Å². The van der Waals surface area contributed by atoms with Crippen molar-refractivity contribution in [1.29, 1.82) is 0 Å². The summed E-state index contributed by atoms with van der Waals surface area (Å²) in [6, 6.07) is 0. The molecule has 13 heavy (non-hydrogen) atoms. The zero-order chi connectivity index (χ0) is 9.90. The van der Waals surface area contributed by atoms with Gasteiger partial charge in [-0.25, -0.2) is 0 Å². The van der Waals surface area contributed by atoms with Crippen LogP contribution in [0, 0.1) is 11.3 Å². The van der Waals surface area contributed by atoms with Gasteiger partial charge in [0, 0.05) is 6.54 Å². The smallest absolute Gasteiger partial charge is 0.00117 e. The summed E-state index contributed by atoms with van der Waals surface area (Å²) in [7, 11) is 2.23. The van der Waals surface area contributed by atoms with Gasteiger partial charge in [-0.2, -0.15) is 0 Å². The van der Waals surface area contributed by atoms with Crippen molar-refractivity contribution in [3.05, 3.63) is 0 Å². The molecule has 0 amide bonds. The van der Waals surface area contributed by atoms with Gasteiger partial charge in [0.15, 0.2) is 0 Å². The van der Waals surface area contributed by atoms with E-state index in [1.54, 1.807) is 0 Å². The molecule has 0 bridgehead atoms. The Morgan fingerprint density at radius 1 is 1.46 bits per heavy atom. The van der Waals surface area contributed by atoms with Crippen LogP contribution in [0.5, 0.6) is 0 Å². The fourth-order valence-electron chi connectivity index (χ4n) is 2.38. The molecule has 0 aliphatic carbocycles. The summed E-state index contributed by atoms with van der Waals surface area (Å²) in [4.78, 5) is 2.45. The Labute approximate surface area is 82.5 Å². The Morgan fingerprint density at radius 2 is 2.15 bits per heavy atom. The largest absolute Gasteiger partial charge is 0.330 e. The van der Waals surface area contributed by atoms with Crippen molar-refractivity contribution in [1.82, 2.24) is 4.90 Å². The van der Waals surface area contributed by atoms with E-state index in [2.05, 4.69) is 25.8 Å². The van der Waals surface area contributed by atoms with E-state index in [0.717, 1.165) is 18.9 Å². The van der Waals surface area contributed by atoms with Gasteiger partial charge in [-0.05, 0) is 50.7 Å². The number of piperidine rings is 1. The average Bonchev–Trinajstić information content (AvgIpc) is 2.04. The van der Waals surface area contributed by atoms with Crippen molar-refractivity contribution in [2.24, 2.45) is 17.1 Å². The van der Waals surface area contributed by atoms with Gasteiger partial charge >= 0.3 is 0 Å². The average molecular weight is 184 g/mol. The number of rotatable bonds is 3. The quantitative estimate of drug-likeness (QED) is 0.723. The standard InChI is InChI=1S/C11H24N2/c1-11(2,6-7-12)10-5-4-8-13(3)9-10/h10H,4-9,12H2,1-3H3. The minimum atomic E-state index is 0.434. The lowest BCUT2D eigenvalue weighted by Gasteiger charge is -2.40. The van der Waals surface area contributed by atoms with Gasteiger partial charge in [0.25, 0.3) is 0 Å². The van der Waals surface area contributed by atoms with Gasteiger partial charge in [-0.15, -0.1) is 0 Å². The van der Waals surface area contributed by atoms with Crippen molar-refractivity contribution < 1.29 is 0 Å². The van der Waals surface area contributed by atoms with Gasteiger partial charge in [0.2, 0.25) is 0 Å². The van der Waals surface area contributed by atoms with Crippen LogP contribution in [0.1, 0.15) is 33.1 Å². The van der Waals surface area contributed by atoms with E-state index in [9.17, 15) is 0 Å². The second-order valence-electron chi connectivity index (χ2n) is 5.13. The topological polar surface area (TPSA) is 29.3 Å². The molecule has 0 aromatic rings. The molecule has 1 saturated heterocycles. The molecule has 2 heteroatoms.